The Kier molecular flexibility index (Phi) is 6.40. The van der Waals surface area contributed by atoms with E-state index in [1.807, 2.05) is 45.0 Å². The molecule has 0 atom stereocenters. The highest BCUT2D eigenvalue weighted by atomic mass is 35.5. The number of carbonyl (C=O) groups excluding carboxylic acids is 1. The van der Waals surface area contributed by atoms with E-state index >= 15 is 0 Å². The van der Waals surface area contributed by atoms with Crippen LogP contribution in [0.1, 0.15) is 22.5 Å². The molecule has 0 spiro atoms. The summed E-state index contributed by atoms with van der Waals surface area (Å²) in [7, 11) is 1.63. The molecule has 1 amide bonds. The average Bonchev–Trinajstić information content (AvgIpc) is 2.80. The van der Waals surface area contributed by atoms with E-state index in [2.05, 4.69) is 5.10 Å². The van der Waals surface area contributed by atoms with Gasteiger partial charge < -0.3 is 9.64 Å². The molecule has 0 radical (unpaired) electrons. The lowest BCUT2D eigenvalue weighted by Crippen LogP contribution is -2.36. The Morgan fingerprint density at radius 3 is 2.58 bits per heavy atom. The smallest absolute Gasteiger partial charge is 0.244 e. The fourth-order valence-corrected chi connectivity index (χ4v) is 2.69. The summed E-state index contributed by atoms with van der Waals surface area (Å²) in [6, 6.07) is 7.57. The molecule has 0 unspecified atom stereocenters. The highest BCUT2D eigenvalue weighted by Crippen LogP contribution is 2.18. The number of aromatic nitrogens is 2. The van der Waals surface area contributed by atoms with Gasteiger partial charge in [0.2, 0.25) is 5.91 Å². The van der Waals surface area contributed by atoms with Gasteiger partial charge in [-0.1, -0.05) is 29.8 Å². The molecule has 0 saturated carbocycles. The molecule has 5 nitrogen and oxygen atoms in total. The van der Waals surface area contributed by atoms with Crippen molar-refractivity contribution >= 4 is 17.5 Å². The molecule has 0 saturated heterocycles. The van der Waals surface area contributed by atoms with Crippen LogP contribution in [0.5, 0.6) is 0 Å². The molecule has 1 aromatic carbocycles. The number of benzene rings is 1. The second kappa shape index (κ2) is 8.31. The lowest BCUT2D eigenvalue weighted by Gasteiger charge is -2.23. The number of hydrogen-bond donors (Lipinski definition) is 0. The minimum Gasteiger partial charge on any atom is -0.383 e. The molecule has 24 heavy (non-hydrogen) atoms. The molecule has 1 aromatic heterocycles. The number of amides is 1. The summed E-state index contributed by atoms with van der Waals surface area (Å²) in [5, 5.41) is 5.11. The first-order chi connectivity index (χ1) is 11.4. The molecule has 6 heteroatoms. The summed E-state index contributed by atoms with van der Waals surface area (Å²) < 4.78 is 6.90. The summed E-state index contributed by atoms with van der Waals surface area (Å²) in [5.74, 6) is -0.00225. The number of ether oxygens (including phenoxy) is 1. The molecule has 0 aliphatic carbocycles. The Morgan fingerprint density at radius 2 is 2.00 bits per heavy atom. The van der Waals surface area contributed by atoms with Crippen LogP contribution in [0.25, 0.3) is 0 Å². The zero-order valence-electron chi connectivity index (χ0n) is 14.7. The van der Waals surface area contributed by atoms with Crippen LogP contribution >= 0.6 is 11.6 Å². The molecule has 1 heterocycles. The Bertz CT molecular complexity index is 712. The molecule has 2 rings (SSSR count). The summed E-state index contributed by atoms with van der Waals surface area (Å²) in [6.45, 7) is 7.62. The van der Waals surface area contributed by atoms with Crippen LogP contribution in [-0.2, 0) is 22.6 Å². The molecular weight excluding hydrogens is 326 g/mol. The van der Waals surface area contributed by atoms with Gasteiger partial charge in [-0.25, -0.2) is 0 Å². The second-order valence-corrected chi connectivity index (χ2v) is 6.26. The number of hydrogen-bond acceptors (Lipinski definition) is 3. The highest BCUT2D eigenvalue weighted by molar-refractivity contribution is 6.31. The maximum Gasteiger partial charge on any atom is 0.244 e. The van der Waals surface area contributed by atoms with Crippen molar-refractivity contribution in [1.29, 1.82) is 0 Å². The lowest BCUT2D eigenvalue weighted by molar-refractivity contribution is -0.133. The van der Waals surface area contributed by atoms with Crippen molar-refractivity contribution in [2.75, 3.05) is 20.3 Å². The van der Waals surface area contributed by atoms with E-state index in [9.17, 15) is 4.79 Å². The number of methoxy groups -OCH3 is 1. The Morgan fingerprint density at radius 1 is 1.29 bits per heavy atom. The monoisotopic (exact) mass is 349 g/mol. The van der Waals surface area contributed by atoms with Crippen LogP contribution < -0.4 is 0 Å². The first kappa shape index (κ1) is 18.5. The maximum absolute atomic E-state index is 12.8. The summed E-state index contributed by atoms with van der Waals surface area (Å²) in [6.07, 6.45) is 0. The van der Waals surface area contributed by atoms with Crippen molar-refractivity contribution < 1.29 is 9.53 Å². The van der Waals surface area contributed by atoms with Gasteiger partial charge in [-0.2, -0.15) is 5.10 Å². The van der Waals surface area contributed by atoms with Crippen LogP contribution in [0, 0.1) is 20.8 Å². The predicted octanol–water partition coefficient (Wildman–Crippen LogP) is 3.14. The number of halogens is 1. The molecular formula is C18H24ClN3O2. The van der Waals surface area contributed by atoms with Crippen molar-refractivity contribution in [2.45, 2.75) is 33.9 Å². The van der Waals surface area contributed by atoms with Crippen LogP contribution in [0.2, 0.25) is 5.02 Å². The van der Waals surface area contributed by atoms with Gasteiger partial charge in [0.25, 0.3) is 0 Å². The second-order valence-electron chi connectivity index (χ2n) is 5.85. The minimum absolute atomic E-state index is 0.00225. The average molecular weight is 350 g/mol. The van der Waals surface area contributed by atoms with Crippen molar-refractivity contribution in [3.8, 4) is 0 Å². The fraction of sp³-hybridized carbons (Fsp3) is 0.444. The molecule has 0 aliphatic heterocycles. The third kappa shape index (κ3) is 4.36. The quantitative estimate of drug-likeness (QED) is 0.771. The normalized spacial score (nSPS) is 10.9. The van der Waals surface area contributed by atoms with Gasteiger partial charge in [-0.05, 0) is 38.0 Å². The molecule has 2 aromatic rings. The number of aryl methyl sites for hydroxylation is 1. The fourth-order valence-electron chi connectivity index (χ4n) is 2.49. The minimum atomic E-state index is -0.00225. The van der Waals surface area contributed by atoms with Crippen LogP contribution in [0.15, 0.2) is 24.3 Å². The van der Waals surface area contributed by atoms with Crippen molar-refractivity contribution in [2.24, 2.45) is 0 Å². The summed E-state index contributed by atoms with van der Waals surface area (Å²) in [5.41, 5.74) is 4.02. The first-order valence-electron chi connectivity index (χ1n) is 7.94. The number of nitrogens with zero attached hydrogens (tertiary/aromatic N) is 3. The molecule has 130 valence electrons. The molecule has 0 fully saturated rings. The van der Waals surface area contributed by atoms with E-state index in [0.717, 1.165) is 22.5 Å². The number of carbonyl (C=O) groups is 1. The molecule has 0 bridgehead atoms. The van der Waals surface area contributed by atoms with E-state index in [4.69, 9.17) is 16.3 Å². The van der Waals surface area contributed by atoms with Crippen LogP contribution in [-0.4, -0.2) is 40.8 Å². The van der Waals surface area contributed by atoms with Gasteiger partial charge >= 0.3 is 0 Å². The van der Waals surface area contributed by atoms with Crippen LogP contribution in [0.3, 0.4) is 0 Å². The van der Waals surface area contributed by atoms with Crippen LogP contribution in [0.4, 0.5) is 0 Å². The van der Waals surface area contributed by atoms with Gasteiger partial charge in [-0.3, -0.25) is 9.48 Å². The van der Waals surface area contributed by atoms with E-state index in [1.165, 1.54) is 0 Å². The zero-order valence-corrected chi connectivity index (χ0v) is 15.4. The largest absolute Gasteiger partial charge is 0.383 e. The zero-order chi connectivity index (χ0) is 17.7. The topological polar surface area (TPSA) is 47.4 Å². The predicted molar refractivity (Wildman–Crippen MR) is 95.2 cm³/mol. The summed E-state index contributed by atoms with van der Waals surface area (Å²) in [4.78, 5) is 14.5. The van der Waals surface area contributed by atoms with E-state index in [0.29, 0.717) is 24.7 Å². The van der Waals surface area contributed by atoms with Gasteiger partial charge in [0.1, 0.15) is 6.54 Å². The lowest BCUT2D eigenvalue weighted by atomic mass is 10.2. The van der Waals surface area contributed by atoms with Crippen molar-refractivity contribution in [3.05, 3.63) is 51.8 Å². The highest BCUT2D eigenvalue weighted by Gasteiger charge is 2.18. The molecule has 0 aliphatic rings. The van der Waals surface area contributed by atoms with Gasteiger partial charge in [0.15, 0.2) is 0 Å². The van der Waals surface area contributed by atoms with Gasteiger partial charge in [-0.15, -0.1) is 0 Å². The standard InChI is InChI=1S/C18H24ClN3O2/c1-13-14(2)20-22(15(13)3)12-18(23)21(9-10-24-4)11-16-7-5-6-8-17(16)19/h5-8H,9-12H2,1-4H3. The number of rotatable bonds is 7. The van der Waals surface area contributed by atoms with Gasteiger partial charge in [0, 0.05) is 30.9 Å². The SMILES string of the molecule is COCCN(Cc1ccccc1Cl)C(=O)Cn1nc(C)c(C)c1C. The van der Waals surface area contributed by atoms with Gasteiger partial charge in [0.05, 0.1) is 12.3 Å². The van der Waals surface area contributed by atoms with E-state index in [1.54, 1.807) is 16.7 Å². The third-order valence-electron chi connectivity index (χ3n) is 4.27. The molecule has 0 N–H and O–H groups in total. The Hall–Kier alpha value is -1.85. The third-order valence-corrected chi connectivity index (χ3v) is 4.63. The Balaban J connectivity index is 2.15. The van der Waals surface area contributed by atoms with E-state index < -0.39 is 0 Å². The first-order valence-corrected chi connectivity index (χ1v) is 8.32. The maximum atomic E-state index is 12.8. The summed E-state index contributed by atoms with van der Waals surface area (Å²) >= 11 is 6.23. The van der Waals surface area contributed by atoms with Crippen molar-refractivity contribution in [1.82, 2.24) is 14.7 Å². The van der Waals surface area contributed by atoms with Crippen molar-refractivity contribution in [3.63, 3.8) is 0 Å². The Labute approximate surface area is 148 Å². The van der Waals surface area contributed by atoms with E-state index in [-0.39, 0.29) is 12.5 Å².